The lowest BCUT2D eigenvalue weighted by molar-refractivity contribution is -0.0503. The maximum atomic E-state index is 5.90. The molecule has 0 amide bonds. The minimum Gasteiger partial charge on any atom is -0.374 e. The Balaban J connectivity index is 2.02. The molecule has 3 unspecified atom stereocenters. The molecule has 0 aliphatic carbocycles. The van der Waals surface area contributed by atoms with Crippen molar-refractivity contribution in [3.05, 3.63) is 30.1 Å². The van der Waals surface area contributed by atoms with Crippen LogP contribution in [-0.2, 0) is 4.74 Å². The number of hydrogen-bond donors (Lipinski definition) is 1. The van der Waals surface area contributed by atoms with Crippen molar-refractivity contribution in [3.8, 4) is 0 Å². The summed E-state index contributed by atoms with van der Waals surface area (Å²) in [7, 11) is 0. The normalized spacial score (nSPS) is 25.5. The highest BCUT2D eigenvalue weighted by atomic mass is 16.5. The van der Waals surface area contributed by atoms with E-state index in [1.54, 1.807) is 0 Å². The molecule has 2 heterocycles. The molecule has 1 aromatic rings. The monoisotopic (exact) mass is 235 g/mol. The summed E-state index contributed by atoms with van der Waals surface area (Å²) in [6, 6.07) is 6.44. The highest BCUT2D eigenvalue weighted by molar-refractivity contribution is 5.08. The molecular formula is C13H21N3O. The van der Waals surface area contributed by atoms with Gasteiger partial charge in [0.1, 0.15) is 0 Å². The van der Waals surface area contributed by atoms with Gasteiger partial charge in [-0.05, 0) is 26.0 Å². The summed E-state index contributed by atoms with van der Waals surface area (Å²) in [6.45, 7) is 6.77. The first-order chi connectivity index (χ1) is 8.18. The van der Waals surface area contributed by atoms with Crippen LogP contribution in [0.5, 0.6) is 0 Å². The fourth-order valence-electron chi connectivity index (χ4n) is 2.18. The van der Waals surface area contributed by atoms with Crippen LogP contribution < -0.4 is 5.73 Å². The molecule has 4 heteroatoms. The quantitative estimate of drug-likeness (QED) is 0.855. The second-order valence-corrected chi connectivity index (χ2v) is 4.69. The standard InChI is InChI=1S/C13H21N3O/c1-10(14)13-9-16(7-8-17-13)11(2)12-5-3-4-6-15-12/h3-6,10-11,13H,7-9,14H2,1-2H3. The van der Waals surface area contributed by atoms with Crippen molar-refractivity contribution in [1.29, 1.82) is 0 Å². The zero-order valence-electron chi connectivity index (χ0n) is 10.5. The van der Waals surface area contributed by atoms with Gasteiger partial charge in [-0.15, -0.1) is 0 Å². The third-order valence-electron chi connectivity index (χ3n) is 3.37. The molecule has 0 aromatic carbocycles. The maximum absolute atomic E-state index is 5.90. The average molecular weight is 235 g/mol. The van der Waals surface area contributed by atoms with E-state index in [9.17, 15) is 0 Å². The van der Waals surface area contributed by atoms with Gasteiger partial charge in [-0.1, -0.05) is 6.07 Å². The van der Waals surface area contributed by atoms with Gasteiger partial charge in [0.2, 0.25) is 0 Å². The van der Waals surface area contributed by atoms with Gasteiger partial charge in [0.25, 0.3) is 0 Å². The van der Waals surface area contributed by atoms with E-state index < -0.39 is 0 Å². The largest absolute Gasteiger partial charge is 0.374 e. The zero-order chi connectivity index (χ0) is 12.3. The first-order valence-corrected chi connectivity index (χ1v) is 6.20. The van der Waals surface area contributed by atoms with Gasteiger partial charge in [-0.3, -0.25) is 9.88 Å². The van der Waals surface area contributed by atoms with E-state index in [1.807, 2.05) is 25.3 Å². The first-order valence-electron chi connectivity index (χ1n) is 6.20. The minimum atomic E-state index is 0.0775. The van der Waals surface area contributed by atoms with Gasteiger partial charge >= 0.3 is 0 Å². The number of pyridine rings is 1. The van der Waals surface area contributed by atoms with Crippen molar-refractivity contribution in [1.82, 2.24) is 9.88 Å². The summed E-state index contributed by atoms with van der Waals surface area (Å²) >= 11 is 0. The van der Waals surface area contributed by atoms with Crippen LogP contribution in [0.2, 0.25) is 0 Å². The summed E-state index contributed by atoms with van der Waals surface area (Å²) in [6.07, 6.45) is 1.98. The predicted molar refractivity (Wildman–Crippen MR) is 67.6 cm³/mol. The molecule has 0 radical (unpaired) electrons. The molecule has 3 atom stereocenters. The molecule has 1 aliphatic rings. The van der Waals surface area contributed by atoms with Crippen LogP contribution in [0.1, 0.15) is 25.6 Å². The van der Waals surface area contributed by atoms with Crippen molar-refractivity contribution in [3.63, 3.8) is 0 Å². The molecule has 0 bridgehead atoms. The van der Waals surface area contributed by atoms with Gasteiger partial charge in [0, 0.05) is 31.4 Å². The smallest absolute Gasteiger partial charge is 0.0850 e. The molecule has 1 aromatic heterocycles. The van der Waals surface area contributed by atoms with Gasteiger partial charge in [0.05, 0.1) is 18.4 Å². The Hall–Kier alpha value is -0.970. The molecule has 1 saturated heterocycles. The summed E-state index contributed by atoms with van der Waals surface area (Å²) in [4.78, 5) is 6.80. The SMILES string of the molecule is CC(N)C1CN(C(C)c2ccccn2)CCO1. The van der Waals surface area contributed by atoms with E-state index in [-0.39, 0.29) is 12.1 Å². The predicted octanol–water partition coefficient (Wildman–Crippen LogP) is 1.19. The molecule has 4 nitrogen and oxygen atoms in total. The van der Waals surface area contributed by atoms with Crippen molar-refractivity contribution >= 4 is 0 Å². The zero-order valence-corrected chi connectivity index (χ0v) is 10.5. The first kappa shape index (κ1) is 12.5. The summed E-state index contributed by atoms with van der Waals surface area (Å²) in [5.41, 5.74) is 7.01. The number of ether oxygens (including phenoxy) is 1. The lowest BCUT2D eigenvalue weighted by atomic mass is 10.1. The third kappa shape index (κ3) is 3.03. The molecule has 17 heavy (non-hydrogen) atoms. The molecule has 94 valence electrons. The van der Waals surface area contributed by atoms with Gasteiger partial charge in [-0.2, -0.15) is 0 Å². The molecule has 2 N–H and O–H groups in total. The van der Waals surface area contributed by atoms with E-state index in [1.165, 1.54) is 0 Å². The van der Waals surface area contributed by atoms with Gasteiger partial charge < -0.3 is 10.5 Å². The number of hydrogen-bond acceptors (Lipinski definition) is 4. The van der Waals surface area contributed by atoms with E-state index in [0.29, 0.717) is 6.04 Å². The highest BCUT2D eigenvalue weighted by Crippen LogP contribution is 2.21. The summed E-state index contributed by atoms with van der Waals surface area (Å²) in [5, 5.41) is 0. The second kappa shape index (κ2) is 5.58. The fourth-order valence-corrected chi connectivity index (χ4v) is 2.18. The maximum Gasteiger partial charge on any atom is 0.0850 e. The lowest BCUT2D eigenvalue weighted by Crippen LogP contribution is -2.50. The molecule has 1 fully saturated rings. The Bertz CT molecular complexity index is 342. The number of rotatable bonds is 3. The van der Waals surface area contributed by atoms with Crippen molar-refractivity contribution in [2.45, 2.75) is 32.0 Å². The Kier molecular flexibility index (Phi) is 4.10. The molecule has 0 saturated carbocycles. The van der Waals surface area contributed by atoms with Crippen molar-refractivity contribution in [2.24, 2.45) is 5.73 Å². The highest BCUT2D eigenvalue weighted by Gasteiger charge is 2.27. The van der Waals surface area contributed by atoms with Crippen LogP contribution in [0.4, 0.5) is 0 Å². The lowest BCUT2D eigenvalue weighted by Gasteiger charge is -2.37. The van der Waals surface area contributed by atoms with E-state index >= 15 is 0 Å². The van der Waals surface area contributed by atoms with Crippen molar-refractivity contribution in [2.75, 3.05) is 19.7 Å². The Morgan fingerprint density at radius 2 is 2.29 bits per heavy atom. The molecule has 1 aliphatic heterocycles. The second-order valence-electron chi connectivity index (χ2n) is 4.69. The molecular weight excluding hydrogens is 214 g/mol. The van der Waals surface area contributed by atoms with Crippen LogP contribution in [0, 0.1) is 0 Å². The molecule has 0 spiro atoms. The number of nitrogens with zero attached hydrogens (tertiary/aromatic N) is 2. The molecule has 2 rings (SSSR count). The topological polar surface area (TPSA) is 51.4 Å². The Morgan fingerprint density at radius 1 is 1.47 bits per heavy atom. The average Bonchev–Trinajstić information content (AvgIpc) is 2.39. The van der Waals surface area contributed by atoms with Crippen LogP contribution in [-0.4, -0.2) is 41.7 Å². The van der Waals surface area contributed by atoms with Gasteiger partial charge in [-0.25, -0.2) is 0 Å². The van der Waals surface area contributed by atoms with Crippen LogP contribution >= 0.6 is 0 Å². The van der Waals surface area contributed by atoms with E-state index in [4.69, 9.17) is 10.5 Å². The van der Waals surface area contributed by atoms with E-state index in [0.717, 1.165) is 25.4 Å². The third-order valence-corrected chi connectivity index (χ3v) is 3.37. The van der Waals surface area contributed by atoms with Crippen LogP contribution in [0.25, 0.3) is 0 Å². The Morgan fingerprint density at radius 3 is 2.94 bits per heavy atom. The van der Waals surface area contributed by atoms with Gasteiger partial charge in [0.15, 0.2) is 0 Å². The number of morpholine rings is 1. The minimum absolute atomic E-state index is 0.0775. The van der Waals surface area contributed by atoms with E-state index in [2.05, 4.69) is 22.9 Å². The summed E-state index contributed by atoms with van der Waals surface area (Å²) in [5.74, 6) is 0. The number of aromatic nitrogens is 1. The summed E-state index contributed by atoms with van der Waals surface area (Å²) < 4.78 is 5.67. The number of nitrogens with two attached hydrogens (primary N) is 1. The van der Waals surface area contributed by atoms with Crippen molar-refractivity contribution < 1.29 is 4.74 Å². The van der Waals surface area contributed by atoms with Crippen LogP contribution in [0.3, 0.4) is 0 Å². The Labute approximate surface area is 103 Å². The fraction of sp³-hybridized carbons (Fsp3) is 0.615. The van der Waals surface area contributed by atoms with Crippen LogP contribution in [0.15, 0.2) is 24.4 Å².